The standard InChI is InChI=1S/C20H24Cl2O5/c1-19(2,26-23)15-7-5-13(17(21)9-15)11-25-12-14-6-8-16(10-18(14)22)20(3,4)27-24/h5-10,23-24H,11-12H2,1-4H3. The summed E-state index contributed by atoms with van der Waals surface area (Å²) in [5.41, 5.74) is 1.46. The summed E-state index contributed by atoms with van der Waals surface area (Å²) in [6.45, 7) is 7.58. The quantitative estimate of drug-likeness (QED) is 0.399. The SMILES string of the molecule is CC(C)(OO)c1ccc(COCc2ccc(C(C)(C)OO)cc2Cl)c(Cl)c1. The summed E-state index contributed by atoms with van der Waals surface area (Å²) in [5.74, 6) is 0. The second-order valence-electron chi connectivity index (χ2n) is 7.31. The number of benzene rings is 2. The highest BCUT2D eigenvalue weighted by molar-refractivity contribution is 6.31. The van der Waals surface area contributed by atoms with Gasteiger partial charge in [0.25, 0.3) is 0 Å². The van der Waals surface area contributed by atoms with Crippen molar-refractivity contribution in [3.05, 3.63) is 68.7 Å². The summed E-state index contributed by atoms with van der Waals surface area (Å²) in [4.78, 5) is 8.97. The molecule has 2 aromatic carbocycles. The molecule has 2 aromatic rings. The van der Waals surface area contributed by atoms with Gasteiger partial charge in [-0.15, -0.1) is 0 Å². The van der Waals surface area contributed by atoms with Crippen molar-refractivity contribution < 1.29 is 25.0 Å². The Morgan fingerprint density at radius 3 is 1.41 bits per heavy atom. The Hall–Kier alpha value is -1.18. The minimum absolute atomic E-state index is 0.308. The van der Waals surface area contributed by atoms with Gasteiger partial charge in [-0.3, -0.25) is 10.5 Å². The Morgan fingerprint density at radius 1 is 0.741 bits per heavy atom. The van der Waals surface area contributed by atoms with E-state index in [-0.39, 0.29) is 0 Å². The Bertz CT molecular complexity index is 724. The van der Waals surface area contributed by atoms with Crippen molar-refractivity contribution in [1.82, 2.24) is 0 Å². The first-order chi connectivity index (χ1) is 12.6. The molecule has 0 bridgehead atoms. The molecule has 2 N–H and O–H groups in total. The molecule has 0 heterocycles. The molecule has 5 nitrogen and oxygen atoms in total. The van der Waals surface area contributed by atoms with E-state index < -0.39 is 11.2 Å². The van der Waals surface area contributed by atoms with E-state index in [1.165, 1.54) is 0 Å². The number of ether oxygens (including phenoxy) is 1. The van der Waals surface area contributed by atoms with Crippen LogP contribution in [0.5, 0.6) is 0 Å². The van der Waals surface area contributed by atoms with E-state index in [0.717, 1.165) is 22.3 Å². The molecule has 27 heavy (non-hydrogen) atoms. The summed E-state index contributed by atoms with van der Waals surface area (Å²) >= 11 is 12.6. The molecule has 0 unspecified atom stereocenters. The van der Waals surface area contributed by atoms with Crippen molar-refractivity contribution in [2.45, 2.75) is 52.1 Å². The van der Waals surface area contributed by atoms with Crippen LogP contribution < -0.4 is 0 Å². The molecule has 148 valence electrons. The Kier molecular flexibility index (Phi) is 7.27. The lowest BCUT2D eigenvalue weighted by atomic mass is 9.97. The normalized spacial score (nSPS) is 12.4. The highest BCUT2D eigenvalue weighted by Crippen LogP contribution is 2.30. The molecule has 0 aliphatic rings. The molecule has 0 aliphatic heterocycles. The minimum Gasteiger partial charge on any atom is -0.372 e. The molecule has 0 aromatic heterocycles. The third-order valence-corrected chi connectivity index (χ3v) is 5.17. The smallest absolute Gasteiger partial charge is 0.123 e. The maximum absolute atomic E-state index is 8.98. The van der Waals surface area contributed by atoms with Crippen molar-refractivity contribution in [2.75, 3.05) is 0 Å². The zero-order valence-electron chi connectivity index (χ0n) is 15.8. The molecule has 0 saturated carbocycles. The first kappa shape index (κ1) is 22.1. The fraction of sp³-hybridized carbons (Fsp3) is 0.400. The lowest BCUT2D eigenvalue weighted by molar-refractivity contribution is -0.318. The summed E-state index contributed by atoms with van der Waals surface area (Å²) in [7, 11) is 0. The molecule has 0 atom stereocenters. The van der Waals surface area contributed by atoms with Crippen LogP contribution in [0.25, 0.3) is 0 Å². The predicted molar refractivity (Wildman–Crippen MR) is 105 cm³/mol. The van der Waals surface area contributed by atoms with Crippen LogP contribution in [-0.2, 0) is 38.9 Å². The summed E-state index contributed by atoms with van der Waals surface area (Å²) in [6, 6.07) is 10.8. The van der Waals surface area contributed by atoms with Gasteiger partial charge in [-0.2, -0.15) is 0 Å². The van der Waals surface area contributed by atoms with Gasteiger partial charge in [0, 0.05) is 10.0 Å². The van der Waals surface area contributed by atoms with Gasteiger partial charge in [-0.05, 0) is 62.1 Å². The lowest BCUT2D eigenvalue weighted by Gasteiger charge is -2.22. The molecule has 2 rings (SSSR count). The molecular formula is C20H24Cl2O5. The van der Waals surface area contributed by atoms with Crippen LogP contribution in [-0.4, -0.2) is 10.5 Å². The molecule has 0 saturated heterocycles. The average Bonchev–Trinajstić information content (AvgIpc) is 2.64. The van der Waals surface area contributed by atoms with Gasteiger partial charge in [0.05, 0.1) is 13.2 Å². The first-order valence-corrected chi connectivity index (χ1v) is 9.17. The third kappa shape index (κ3) is 5.42. The van der Waals surface area contributed by atoms with Crippen molar-refractivity contribution in [3.63, 3.8) is 0 Å². The Morgan fingerprint density at radius 2 is 1.11 bits per heavy atom. The van der Waals surface area contributed by atoms with Crippen LogP contribution >= 0.6 is 23.2 Å². The fourth-order valence-electron chi connectivity index (χ4n) is 2.45. The van der Waals surface area contributed by atoms with Crippen LogP contribution in [0.4, 0.5) is 0 Å². The number of rotatable bonds is 8. The van der Waals surface area contributed by atoms with Crippen molar-refractivity contribution in [1.29, 1.82) is 0 Å². The second kappa shape index (κ2) is 8.88. The van der Waals surface area contributed by atoms with Gasteiger partial charge >= 0.3 is 0 Å². The van der Waals surface area contributed by atoms with Gasteiger partial charge in [0.1, 0.15) is 11.2 Å². The summed E-state index contributed by atoms with van der Waals surface area (Å²) < 4.78 is 5.74. The Labute approximate surface area is 169 Å². The molecule has 0 aliphatic carbocycles. The van der Waals surface area contributed by atoms with E-state index in [2.05, 4.69) is 9.78 Å². The average molecular weight is 415 g/mol. The van der Waals surface area contributed by atoms with Crippen LogP contribution in [0.15, 0.2) is 36.4 Å². The zero-order chi connectivity index (χ0) is 20.2. The van der Waals surface area contributed by atoms with E-state index in [9.17, 15) is 0 Å². The van der Waals surface area contributed by atoms with Gasteiger partial charge in [-0.25, -0.2) is 9.78 Å². The molecule has 0 spiro atoms. The van der Waals surface area contributed by atoms with Gasteiger partial charge in [0.2, 0.25) is 0 Å². The highest BCUT2D eigenvalue weighted by Gasteiger charge is 2.23. The lowest BCUT2D eigenvalue weighted by Crippen LogP contribution is -2.19. The minimum atomic E-state index is -0.843. The van der Waals surface area contributed by atoms with Crippen LogP contribution in [0.2, 0.25) is 10.0 Å². The summed E-state index contributed by atoms with van der Waals surface area (Å²) in [6.07, 6.45) is 0. The Balaban J connectivity index is 2.03. The van der Waals surface area contributed by atoms with E-state index in [4.69, 9.17) is 38.5 Å². The summed E-state index contributed by atoms with van der Waals surface area (Å²) in [5, 5.41) is 19.0. The largest absolute Gasteiger partial charge is 0.372 e. The monoisotopic (exact) mass is 414 g/mol. The van der Waals surface area contributed by atoms with Gasteiger partial charge < -0.3 is 4.74 Å². The molecular weight excluding hydrogens is 391 g/mol. The highest BCUT2D eigenvalue weighted by atomic mass is 35.5. The third-order valence-electron chi connectivity index (χ3n) is 4.47. The zero-order valence-corrected chi connectivity index (χ0v) is 17.3. The fourth-order valence-corrected chi connectivity index (χ4v) is 2.92. The van der Waals surface area contributed by atoms with E-state index in [1.807, 2.05) is 24.3 Å². The second-order valence-corrected chi connectivity index (χ2v) is 8.12. The number of hydrogen-bond donors (Lipinski definition) is 2. The van der Waals surface area contributed by atoms with Gasteiger partial charge in [0.15, 0.2) is 0 Å². The maximum Gasteiger partial charge on any atom is 0.123 e. The van der Waals surface area contributed by atoms with Crippen LogP contribution in [0.1, 0.15) is 49.9 Å². The van der Waals surface area contributed by atoms with Crippen molar-refractivity contribution in [3.8, 4) is 0 Å². The number of hydrogen-bond acceptors (Lipinski definition) is 5. The molecule has 0 radical (unpaired) electrons. The first-order valence-electron chi connectivity index (χ1n) is 8.41. The van der Waals surface area contributed by atoms with Crippen molar-refractivity contribution in [2.24, 2.45) is 0 Å². The van der Waals surface area contributed by atoms with Crippen molar-refractivity contribution >= 4 is 23.2 Å². The maximum atomic E-state index is 8.98. The topological polar surface area (TPSA) is 68.2 Å². The number of halogens is 2. The molecule has 0 amide bonds. The van der Waals surface area contributed by atoms with E-state index in [0.29, 0.717) is 23.3 Å². The predicted octanol–water partition coefficient (Wildman–Crippen LogP) is 6.16. The van der Waals surface area contributed by atoms with E-state index >= 15 is 0 Å². The molecule has 7 heteroatoms. The molecule has 0 fully saturated rings. The van der Waals surface area contributed by atoms with Gasteiger partial charge in [-0.1, -0.05) is 47.5 Å². The van der Waals surface area contributed by atoms with E-state index in [1.54, 1.807) is 39.8 Å². The van der Waals surface area contributed by atoms with Crippen LogP contribution in [0, 0.1) is 0 Å². The van der Waals surface area contributed by atoms with Crippen LogP contribution in [0.3, 0.4) is 0 Å².